The standard InChI is InChI=1S/C10H5ClFNO4/c11-4-1-2-6-5(3-4)7(14)9(15)13(6)8(12)10(16)17/h1-3,8H,(H,16,17). The molecule has 1 amide bonds. The molecule has 1 aliphatic rings. The highest BCUT2D eigenvalue weighted by Crippen LogP contribution is 2.32. The molecular weight excluding hydrogens is 253 g/mol. The minimum atomic E-state index is -2.59. The van der Waals surface area contributed by atoms with Crippen LogP contribution in [0.1, 0.15) is 10.4 Å². The number of hydrogen-bond donors (Lipinski definition) is 1. The first-order chi connectivity index (χ1) is 7.93. The summed E-state index contributed by atoms with van der Waals surface area (Å²) in [5, 5.41) is 8.73. The number of carbonyl (C=O) groups is 3. The molecule has 2 rings (SSSR count). The average molecular weight is 258 g/mol. The van der Waals surface area contributed by atoms with Crippen LogP contribution in [0.25, 0.3) is 0 Å². The minimum Gasteiger partial charge on any atom is -0.478 e. The van der Waals surface area contributed by atoms with Crippen molar-refractivity contribution in [3.05, 3.63) is 28.8 Å². The van der Waals surface area contributed by atoms with Gasteiger partial charge in [-0.2, -0.15) is 0 Å². The number of alkyl halides is 1. The van der Waals surface area contributed by atoms with Crippen molar-refractivity contribution in [1.29, 1.82) is 0 Å². The van der Waals surface area contributed by atoms with E-state index in [0.717, 1.165) is 0 Å². The quantitative estimate of drug-likeness (QED) is 0.639. The Labute approximate surface area is 99.4 Å². The summed E-state index contributed by atoms with van der Waals surface area (Å²) in [5.41, 5.74) is -0.175. The number of aliphatic carboxylic acids is 1. The van der Waals surface area contributed by atoms with Gasteiger partial charge in [0, 0.05) is 5.02 Å². The maximum Gasteiger partial charge on any atom is 0.360 e. The highest BCUT2D eigenvalue weighted by atomic mass is 35.5. The number of carboxylic acids is 1. The first-order valence-corrected chi connectivity index (χ1v) is 4.85. The van der Waals surface area contributed by atoms with Crippen LogP contribution in [-0.4, -0.2) is 29.1 Å². The SMILES string of the molecule is O=C1C(=O)N(C(F)C(=O)O)c2ccc(Cl)cc21. The molecule has 5 nitrogen and oxygen atoms in total. The van der Waals surface area contributed by atoms with Crippen LogP contribution in [0.4, 0.5) is 10.1 Å². The fourth-order valence-corrected chi connectivity index (χ4v) is 1.74. The number of carbonyl (C=O) groups excluding carboxylic acids is 2. The summed E-state index contributed by atoms with van der Waals surface area (Å²) >= 11 is 5.63. The summed E-state index contributed by atoms with van der Waals surface area (Å²) < 4.78 is 13.4. The number of nitrogens with zero attached hydrogens (tertiary/aromatic N) is 1. The van der Waals surface area contributed by atoms with E-state index in [9.17, 15) is 18.8 Å². The number of rotatable bonds is 2. The normalized spacial score (nSPS) is 16.0. The van der Waals surface area contributed by atoms with Crippen LogP contribution in [-0.2, 0) is 9.59 Å². The fraction of sp³-hybridized carbons (Fsp3) is 0.100. The maximum absolute atomic E-state index is 13.4. The third-order valence-corrected chi connectivity index (χ3v) is 2.54. The van der Waals surface area contributed by atoms with Gasteiger partial charge in [0.1, 0.15) is 0 Å². The van der Waals surface area contributed by atoms with Gasteiger partial charge in [-0.05, 0) is 18.2 Å². The molecule has 0 saturated carbocycles. The number of Topliss-reactive ketones (excluding diaryl/α,β-unsaturated/α-hetero) is 1. The van der Waals surface area contributed by atoms with E-state index in [-0.39, 0.29) is 16.3 Å². The van der Waals surface area contributed by atoms with Gasteiger partial charge in [-0.1, -0.05) is 11.6 Å². The predicted molar refractivity (Wildman–Crippen MR) is 55.8 cm³/mol. The van der Waals surface area contributed by atoms with E-state index in [4.69, 9.17) is 16.7 Å². The molecule has 1 heterocycles. The number of fused-ring (bicyclic) bond motifs is 1. The van der Waals surface area contributed by atoms with Gasteiger partial charge >= 0.3 is 11.9 Å². The summed E-state index contributed by atoms with van der Waals surface area (Å²) in [6, 6.07) is 3.77. The number of halogens is 2. The molecule has 1 aromatic rings. The number of benzene rings is 1. The minimum absolute atomic E-state index is 0.0840. The van der Waals surface area contributed by atoms with Gasteiger partial charge < -0.3 is 5.11 Å². The second-order valence-corrected chi connectivity index (χ2v) is 3.78. The van der Waals surface area contributed by atoms with Crippen molar-refractivity contribution in [2.24, 2.45) is 0 Å². The van der Waals surface area contributed by atoms with Gasteiger partial charge in [-0.3, -0.25) is 14.5 Å². The highest BCUT2D eigenvalue weighted by molar-refractivity contribution is 6.53. The van der Waals surface area contributed by atoms with E-state index in [1.807, 2.05) is 0 Å². The lowest BCUT2D eigenvalue weighted by Gasteiger charge is -2.17. The van der Waals surface area contributed by atoms with E-state index in [1.165, 1.54) is 18.2 Å². The molecular formula is C10H5ClFNO4. The molecule has 0 aromatic heterocycles. The van der Waals surface area contributed by atoms with Gasteiger partial charge in [0.05, 0.1) is 11.3 Å². The number of anilines is 1. The van der Waals surface area contributed by atoms with Gasteiger partial charge in [0.25, 0.3) is 12.1 Å². The van der Waals surface area contributed by atoms with Crippen molar-refractivity contribution in [3.63, 3.8) is 0 Å². The number of amides is 1. The largest absolute Gasteiger partial charge is 0.478 e. The van der Waals surface area contributed by atoms with Crippen molar-refractivity contribution < 1.29 is 23.9 Å². The van der Waals surface area contributed by atoms with Crippen LogP contribution in [0, 0.1) is 0 Å². The van der Waals surface area contributed by atoms with E-state index in [2.05, 4.69) is 0 Å². The second kappa shape index (κ2) is 3.81. The monoisotopic (exact) mass is 257 g/mol. The molecule has 17 heavy (non-hydrogen) atoms. The van der Waals surface area contributed by atoms with Crippen molar-refractivity contribution in [2.75, 3.05) is 4.90 Å². The second-order valence-electron chi connectivity index (χ2n) is 3.34. The molecule has 1 aliphatic heterocycles. The molecule has 1 N–H and O–H groups in total. The zero-order valence-corrected chi connectivity index (χ0v) is 8.94. The van der Waals surface area contributed by atoms with E-state index < -0.39 is 24.0 Å². The van der Waals surface area contributed by atoms with Crippen molar-refractivity contribution >= 4 is 34.9 Å². The molecule has 0 bridgehead atoms. The summed E-state index contributed by atoms with van der Waals surface area (Å²) in [4.78, 5) is 33.7. The molecule has 0 saturated heterocycles. The van der Waals surface area contributed by atoms with Crippen LogP contribution >= 0.6 is 11.6 Å². The Kier molecular flexibility index (Phi) is 2.59. The molecule has 0 aliphatic carbocycles. The van der Waals surface area contributed by atoms with Crippen molar-refractivity contribution in [2.45, 2.75) is 6.30 Å². The molecule has 1 atom stereocenters. The molecule has 0 spiro atoms. The van der Waals surface area contributed by atoms with Crippen LogP contribution in [0.5, 0.6) is 0 Å². The first-order valence-electron chi connectivity index (χ1n) is 4.48. The van der Waals surface area contributed by atoms with Crippen LogP contribution < -0.4 is 4.90 Å². The highest BCUT2D eigenvalue weighted by Gasteiger charge is 2.42. The predicted octanol–water partition coefficient (Wildman–Crippen LogP) is 1.25. The molecule has 88 valence electrons. The van der Waals surface area contributed by atoms with Crippen LogP contribution in [0.3, 0.4) is 0 Å². The summed E-state index contributed by atoms with van der Waals surface area (Å²) in [5.74, 6) is -4.02. The lowest BCUT2D eigenvalue weighted by Crippen LogP contribution is -2.41. The van der Waals surface area contributed by atoms with E-state index >= 15 is 0 Å². The Morgan fingerprint density at radius 3 is 2.65 bits per heavy atom. The zero-order valence-electron chi connectivity index (χ0n) is 8.18. The Hall–Kier alpha value is -1.95. The van der Waals surface area contributed by atoms with Crippen molar-refractivity contribution in [1.82, 2.24) is 0 Å². The van der Waals surface area contributed by atoms with Crippen molar-refractivity contribution in [3.8, 4) is 0 Å². The Balaban J connectivity index is 2.56. The third-order valence-electron chi connectivity index (χ3n) is 2.31. The average Bonchev–Trinajstić information content (AvgIpc) is 2.51. The number of carboxylic acid groups (broad SMARTS) is 1. The van der Waals surface area contributed by atoms with Crippen LogP contribution in [0.15, 0.2) is 18.2 Å². The summed E-state index contributed by atoms with van der Waals surface area (Å²) in [7, 11) is 0. The molecule has 7 heteroatoms. The summed E-state index contributed by atoms with van der Waals surface area (Å²) in [6.45, 7) is 0. The van der Waals surface area contributed by atoms with Gasteiger partial charge in [-0.25, -0.2) is 9.18 Å². The van der Waals surface area contributed by atoms with Gasteiger partial charge in [0.15, 0.2) is 0 Å². The zero-order chi connectivity index (χ0) is 12.7. The maximum atomic E-state index is 13.4. The lowest BCUT2D eigenvalue weighted by molar-refractivity contribution is -0.144. The summed E-state index contributed by atoms with van der Waals surface area (Å²) in [6.07, 6.45) is -2.59. The van der Waals surface area contributed by atoms with Gasteiger partial charge in [-0.15, -0.1) is 0 Å². The Bertz CT molecular complexity index is 545. The Morgan fingerprint density at radius 1 is 1.41 bits per heavy atom. The van der Waals surface area contributed by atoms with Crippen LogP contribution in [0.2, 0.25) is 5.02 Å². The number of ketones is 1. The van der Waals surface area contributed by atoms with E-state index in [1.54, 1.807) is 0 Å². The topological polar surface area (TPSA) is 74.7 Å². The molecule has 0 radical (unpaired) electrons. The Morgan fingerprint density at radius 2 is 2.06 bits per heavy atom. The van der Waals surface area contributed by atoms with Gasteiger partial charge in [0.2, 0.25) is 0 Å². The molecule has 0 fully saturated rings. The lowest BCUT2D eigenvalue weighted by atomic mass is 10.1. The third kappa shape index (κ3) is 1.66. The first kappa shape index (κ1) is 11.5. The molecule has 1 unspecified atom stereocenters. The smallest absolute Gasteiger partial charge is 0.360 e. The fourth-order valence-electron chi connectivity index (χ4n) is 1.57. The molecule has 1 aromatic carbocycles. The van der Waals surface area contributed by atoms with E-state index in [0.29, 0.717) is 4.90 Å². The number of hydrogen-bond acceptors (Lipinski definition) is 3.